The molecule has 2 N–H and O–H groups in total. The third-order valence-corrected chi connectivity index (χ3v) is 2.56. The Morgan fingerprint density at radius 2 is 2.05 bits per heavy atom. The number of carboxylic acid groups (broad SMARTS) is 1. The molecule has 1 atom stereocenters. The molecular weight excluding hydrogens is 263 g/mol. The molecule has 1 heterocycles. The van der Waals surface area contributed by atoms with Gasteiger partial charge in [-0.3, -0.25) is 9.59 Å². The highest BCUT2D eigenvalue weighted by Crippen LogP contribution is 2.22. The van der Waals surface area contributed by atoms with Crippen molar-refractivity contribution in [2.24, 2.45) is 5.41 Å². The van der Waals surface area contributed by atoms with Gasteiger partial charge >= 0.3 is 5.97 Å². The van der Waals surface area contributed by atoms with Crippen LogP contribution in [-0.4, -0.2) is 28.0 Å². The molecule has 5 nitrogen and oxygen atoms in total. The second-order valence-electron chi connectivity index (χ2n) is 5.88. The van der Waals surface area contributed by atoms with Crippen molar-refractivity contribution in [1.82, 2.24) is 10.3 Å². The first-order valence-corrected chi connectivity index (χ1v) is 6.32. The van der Waals surface area contributed by atoms with E-state index in [0.29, 0.717) is 6.42 Å². The van der Waals surface area contributed by atoms with Crippen LogP contribution in [-0.2, 0) is 4.79 Å². The van der Waals surface area contributed by atoms with Crippen molar-refractivity contribution in [3.05, 3.63) is 29.8 Å². The zero-order valence-corrected chi connectivity index (χ0v) is 11.8. The van der Waals surface area contributed by atoms with Crippen molar-refractivity contribution in [2.75, 3.05) is 0 Å². The number of nitrogens with one attached hydrogen (secondary N) is 1. The number of carboxylic acids is 1. The van der Waals surface area contributed by atoms with Gasteiger partial charge < -0.3 is 10.4 Å². The van der Waals surface area contributed by atoms with Crippen molar-refractivity contribution >= 4 is 11.9 Å². The summed E-state index contributed by atoms with van der Waals surface area (Å²) in [5.74, 6) is -2.31. The van der Waals surface area contributed by atoms with Crippen molar-refractivity contribution in [3.63, 3.8) is 0 Å². The van der Waals surface area contributed by atoms with Gasteiger partial charge in [-0.25, -0.2) is 4.98 Å². The van der Waals surface area contributed by atoms with Crippen LogP contribution < -0.4 is 5.32 Å². The van der Waals surface area contributed by atoms with Gasteiger partial charge in [0.1, 0.15) is 5.69 Å². The van der Waals surface area contributed by atoms with Gasteiger partial charge in [-0.1, -0.05) is 26.8 Å². The number of halogens is 1. The molecule has 0 aliphatic heterocycles. The van der Waals surface area contributed by atoms with Crippen LogP contribution in [0.15, 0.2) is 18.2 Å². The fourth-order valence-electron chi connectivity index (χ4n) is 1.92. The van der Waals surface area contributed by atoms with Crippen LogP contribution in [0.5, 0.6) is 0 Å². The Bertz CT molecular complexity index is 497. The number of hydrogen-bond donors (Lipinski definition) is 2. The molecule has 0 spiro atoms. The normalized spacial score (nSPS) is 12.8. The number of nitrogens with zero attached hydrogens (tertiary/aromatic N) is 1. The van der Waals surface area contributed by atoms with Crippen LogP contribution >= 0.6 is 0 Å². The monoisotopic (exact) mass is 282 g/mol. The molecule has 1 aromatic heterocycles. The van der Waals surface area contributed by atoms with Crippen LogP contribution in [0.4, 0.5) is 4.39 Å². The Labute approximate surface area is 117 Å². The molecule has 0 saturated carbocycles. The number of aromatic nitrogens is 1. The summed E-state index contributed by atoms with van der Waals surface area (Å²) in [5, 5.41) is 11.5. The van der Waals surface area contributed by atoms with Crippen molar-refractivity contribution in [2.45, 2.75) is 39.7 Å². The third-order valence-electron chi connectivity index (χ3n) is 2.56. The molecule has 0 fully saturated rings. The van der Waals surface area contributed by atoms with E-state index in [1.54, 1.807) is 0 Å². The van der Waals surface area contributed by atoms with E-state index in [4.69, 9.17) is 5.11 Å². The lowest BCUT2D eigenvalue weighted by atomic mass is 9.87. The largest absolute Gasteiger partial charge is 0.481 e. The average Bonchev–Trinajstić information content (AvgIpc) is 2.25. The SMILES string of the molecule is CC(C)(C)CC(CC(=O)O)NC(=O)c1cccc(F)n1. The van der Waals surface area contributed by atoms with Gasteiger partial charge in [0.25, 0.3) is 5.91 Å². The molecule has 1 rings (SSSR count). The first-order valence-electron chi connectivity index (χ1n) is 6.32. The maximum atomic E-state index is 13.0. The van der Waals surface area contributed by atoms with Crippen LogP contribution in [0.2, 0.25) is 0 Å². The van der Waals surface area contributed by atoms with E-state index in [2.05, 4.69) is 10.3 Å². The Balaban J connectivity index is 2.78. The van der Waals surface area contributed by atoms with E-state index in [9.17, 15) is 14.0 Å². The zero-order valence-electron chi connectivity index (χ0n) is 11.8. The predicted molar refractivity (Wildman–Crippen MR) is 71.8 cm³/mol. The average molecular weight is 282 g/mol. The minimum atomic E-state index is -0.994. The standard InChI is InChI=1S/C14H19FN2O3/c1-14(2,3)8-9(7-12(18)19)16-13(20)10-5-4-6-11(15)17-10/h4-6,9H,7-8H2,1-3H3,(H,16,20)(H,18,19). The fraction of sp³-hybridized carbons (Fsp3) is 0.500. The third kappa shape index (κ3) is 5.77. The summed E-state index contributed by atoms with van der Waals surface area (Å²) < 4.78 is 13.0. The van der Waals surface area contributed by atoms with E-state index in [1.807, 2.05) is 20.8 Å². The summed E-state index contributed by atoms with van der Waals surface area (Å²) in [6.45, 7) is 5.86. The van der Waals surface area contributed by atoms with Crippen molar-refractivity contribution in [1.29, 1.82) is 0 Å². The molecular formula is C14H19FN2O3. The molecule has 6 heteroatoms. The molecule has 1 amide bonds. The second kappa shape index (κ2) is 6.45. The molecule has 1 unspecified atom stereocenters. The quantitative estimate of drug-likeness (QED) is 0.812. The highest BCUT2D eigenvalue weighted by molar-refractivity contribution is 5.92. The molecule has 0 bridgehead atoms. The highest BCUT2D eigenvalue weighted by atomic mass is 19.1. The molecule has 20 heavy (non-hydrogen) atoms. The Kier molecular flexibility index (Phi) is 5.19. The number of pyridine rings is 1. The summed E-state index contributed by atoms with van der Waals surface area (Å²) in [4.78, 5) is 26.3. The topological polar surface area (TPSA) is 79.3 Å². The molecule has 0 aliphatic rings. The zero-order chi connectivity index (χ0) is 15.3. The van der Waals surface area contributed by atoms with Gasteiger partial charge in [-0.15, -0.1) is 0 Å². The van der Waals surface area contributed by atoms with E-state index >= 15 is 0 Å². The summed E-state index contributed by atoms with van der Waals surface area (Å²) in [5.41, 5.74) is -0.197. The lowest BCUT2D eigenvalue weighted by molar-refractivity contribution is -0.137. The van der Waals surface area contributed by atoms with Gasteiger partial charge in [-0.05, 0) is 24.0 Å². The summed E-state index contributed by atoms with van der Waals surface area (Å²) >= 11 is 0. The van der Waals surface area contributed by atoms with Gasteiger partial charge in [0.05, 0.1) is 6.42 Å². The second-order valence-corrected chi connectivity index (χ2v) is 5.88. The van der Waals surface area contributed by atoms with Crippen LogP contribution in [0, 0.1) is 11.4 Å². The smallest absolute Gasteiger partial charge is 0.305 e. The maximum absolute atomic E-state index is 13.0. The van der Waals surface area contributed by atoms with Crippen LogP contribution in [0.25, 0.3) is 0 Å². The molecule has 1 aromatic rings. The van der Waals surface area contributed by atoms with E-state index in [-0.39, 0.29) is 17.5 Å². The Morgan fingerprint density at radius 3 is 2.55 bits per heavy atom. The van der Waals surface area contributed by atoms with Crippen LogP contribution in [0.1, 0.15) is 44.1 Å². The number of hydrogen-bond acceptors (Lipinski definition) is 3. The van der Waals surface area contributed by atoms with Gasteiger partial charge in [0.2, 0.25) is 5.95 Å². The van der Waals surface area contributed by atoms with Crippen molar-refractivity contribution in [3.8, 4) is 0 Å². The van der Waals surface area contributed by atoms with E-state index < -0.39 is 23.9 Å². The Hall–Kier alpha value is -1.98. The number of aliphatic carboxylic acids is 1. The van der Waals surface area contributed by atoms with E-state index in [0.717, 1.165) is 6.07 Å². The highest BCUT2D eigenvalue weighted by Gasteiger charge is 2.23. The van der Waals surface area contributed by atoms with Gasteiger partial charge in [0, 0.05) is 6.04 Å². The molecule has 0 aromatic carbocycles. The minimum absolute atomic E-state index is 0.0608. The predicted octanol–water partition coefficient (Wildman–Crippen LogP) is 2.23. The number of carbonyl (C=O) groups is 2. The fourth-order valence-corrected chi connectivity index (χ4v) is 1.92. The summed E-state index contributed by atoms with van der Waals surface area (Å²) in [6, 6.07) is 3.38. The first kappa shape index (κ1) is 16.1. The minimum Gasteiger partial charge on any atom is -0.481 e. The lowest BCUT2D eigenvalue weighted by Gasteiger charge is -2.25. The van der Waals surface area contributed by atoms with Crippen molar-refractivity contribution < 1.29 is 19.1 Å². The first-order chi connectivity index (χ1) is 9.17. The lowest BCUT2D eigenvalue weighted by Crippen LogP contribution is -2.39. The maximum Gasteiger partial charge on any atom is 0.305 e. The summed E-state index contributed by atoms with van der Waals surface area (Å²) in [6.07, 6.45) is 0.318. The van der Waals surface area contributed by atoms with Gasteiger partial charge in [0.15, 0.2) is 0 Å². The molecule has 110 valence electrons. The number of rotatable bonds is 5. The van der Waals surface area contributed by atoms with E-state index in [1.165, 1.54) is 12.1 Å². The molecule has 0 saturated heterocycles. The number of carbonyl (C=O) groups excluding carboxylic acids is 1. The number of amides is 1. The Morgan fingerprint density at radius 1 is 1.40 bits per heavy atom. The van der Waals surface area contributed by atoms with Gasteiger partial charge in [-0.2, -0.15) is 4.39 Å². The molecule has 0 radical (unpaired) electrons. The van der Waals surface area contributed by atoms with Crippen LogP contribution in [0.3, 0.4) is 0 Å². The molecule has 0 aliphatic carbocycles. The summed E-state index contributed by atoms with van der Waals surface area (Å²) in [7, 11) is 0.